The molecule has 1 unspecified atom stereocenters. The van der Waals surface area contributed by atoms with Gasteiger partial charge >= 0.3 is 0 Å². The highest BCUT2D eigenvalue weighted by molar-refractivity contribution is 8.93. The molecule has 0 saturated heterocycles. The van der Waals surface area contributed by atoms with Gasteiger partial charge in [0, 0.05) is 0 Å². The van der Waals surface area contributed by atoms with Gasteiger partial charge in [-0.05, 0) is 6.42 Å². The summed E-state index contributed by atoms with van der Waals surface area (Å²) in [7, 11) is 0. The van der Waals surface area contributed by atoms with Crippen LogP contribution >= 0.6 is 17.0 Å². The van der Waals surface area contributed by atoms with Gasteiger partial charge < -0.3 is 15.9 Å². The molecular weight excluding hydrogens is 378 g/mol. The molecular formula is C21H46BrNO2. The van der Waals surface area contributed by atoms with Crippen LogP contribution in [0.2, 0.25) is 0 Å². The molecule has 0 aliphatic rings. The number of aliphatic hydroxyl groups is 2. The Bertz CT molecular complexity index is 240. The van der Waals surface area contributed by atoms with E-state index in [1.807, 2.05) is 0 Å². The summed E-state index contributed by atoms with van der Waals surface area (Å²) in [5, 5.41) is 17.8. The van der Waals surface area contributed by atoms with Crippen LogP contribution < -0.4 is 5.73 Å². The first-order valence-corrected chi connectivity index (χ1v) is 10.8. The van der Waals surface area contributed by atoms with Crippen molar-refractivity contribution in [1.82, 2.24) is 0 Å². The van der Waals surface area contributed by atoms with Crippen LogP contribution in [0.4, 0.5) is 0 Å². The van der Waals surface area contributed by atoms with E-state index in [9.17, 15) is 0 Å². The summed E-state index contributed by atoms with van der Waals surface area (Å²) < 4.78 is 0. The Balaban J connectivity index is 0. The summed E-state index contributed by atoms with van der Waals surface area (Å²) in [5.74, 6) is 0. The Hall–Kier alpha value is 0.360. The maximum Gasteiger partial charge on any atom is 0.166 e. The van der Waals surface area contributed by atoms with E-state index in [-0.39, 0.29) is 17.0 Å². The highest BCUT2D eigenvalue weighted by Crippen LogP contribution is 2.14. The summed E-state index contributed by atoms with van der Waals surface area (Å²) in [6, 6.07) is -0.471. The molecule has 0 rings (SSSR count). The minimum absolute atomic E-state index is 0. The molecule has 4 heteroatoms. The molecule has 0 aromatic carbocycles. The van der Waals surface area contributed by atoms with Gasteiger partial charge in [0.1, 0.15) is 0 Å². The van der Waals surface area contributed by atoms with Gasteiger partial charge in [-0.1, -0.05) is 116 Å². The van der Waals surface area contributed by atoms with E-state index in [2.05, 4.69) is 6.92 Å². The molecule has 1 atom stereocenters. The molecule has 0 aromatic rings. The Kier molecular flexibility index (Phi) is 24.7. The fourth-order valence-corrected chi connectivity index (χ4v) is 3.25. The molecule has 0 aromatic heterocycles. The summed E-state index contributed by atoms with van der Waals surface area (Å²) in [6.07, 6.45) is 22.5. The van der Waals surface area contributed by atoms with Gasteiger partial charge in [-0.25, -0.2) is 0 Å². The van der Waals surface area contributed by atoms with Crippen molar-refractivity contribution in [3.8, 4) is 0 Å². The third kappa shape index (κ3) is 22.3. The van der Waals surface area contributed by atoms with Crippen LogP contribution in [-0.4, -0.2) is 22.5 Å². The zero-order valence-corrected chi connectivity index (χ0v) is 18.5. The SMILES string of the molecule is Br.CCCCCCCCCCCCCCCCCCCC(N)C(O)O. The summed E-state index contributed by atoms with van der Waals surface area (Å²) >= 11 is 0. The van der Waals surface area contributed by atoms with Crippen molar-refractivity contribution in [3.05, 3.63) is 0 Å². The van der Waals surface area contributed by atoms with E-state index < -0.39 is 12.3 Å². The molecule has 4 N–H and O–H groups in total. The van der Waals surface area contributed by atoms with Crippen molar-refractivity contribution in [2.45, 2.75) is 135 Å². The second kappa shape index (κ2) is 22.4. The highest BCUT2D eigenvalue weighted by Gasteiger charge is 2.09. The van der Waals surface area contributed by atoms with Crippen molar-refractivity contribution in [3.63, 3.8) is 0 Å². The highest BCUT2D eigenvalue weighted by atomic mass is 79.9. The lowest BCUT2D eigenvalue weighted by atomic mass is 10.0. The second-order valence-corrected chi connectivity index (χ2v) is 7.52. The van der Waals surface area contributed by atoms with Crippen molar-refractivity contribution in [2.75, 3.05) is 0 Å². The third-order valence-electron chi connectivity index (χ3n) is 5.02. The van der Waals surface area contributed by atoms with Gasteiger partial charge in [-0.3, -0.25) is 0 Å². The molecule has 25 heavy (non-hydrogen) atoms. The third-order valence-corrected chi connectivity index (χ3v) is 5.02. The van der Waals surface area contributed by atoms with E-state index in [0.29, 0.717) is 0 Å². The normalized spacial score (nSPS) is 12.4. The lowest BCUT2D eigenvalue weighted by Gasteiger charge is -2.12. The number of aliphatic hydroxyl groups excluding tert-OH is 1. The Morgan fingerprint density at radius 3 is 1.12 bits per heavy atom. The quantitative estimate of drug-likeness (QED) is 0.170. The number of hydrogen-bond donors (Lipinski definition) is 3. The summed E-state index contributed by atoms with van der Waals surface area (Å²) in [5.41, 5.74) is 5.58. The Morgan fingerprint density at radius 1 is 0.560 bits per heavy atom. The fourth-order valence-electron chi connectivity index (χ4n) is 3.25. The molecule has 0 aliphatic carbocycles. The number of halogens is 1. The average molecular weight is 425 g/mol. The number of hydrogen-bond acceptors (Lipinski definition) is 3. The Labute approximate surface area is 167 Å². The molecule has 154 valence electrons. The molecule has 0 aliphatic heterocycles. The minimum Gasteiger partial charge on any atom is -0.367 e. The number of unbranched alkanes of at least 4 members (excludes halogenated alkanes) is 16. The van der Waals surface area contributed by atoms with Gasteiger partial charge in [0.2, 0.25) is 0 Å². The molecule has 0 bridgehead atoms. The largest absolute Gasteiger partial charge is 0.367 e. The van der Waals surface area contributed by atoms with Gasteiger partial charge in [0.15, 0.2) is 6.29 Å². The minimum atomic E-state index is -1.36. The van der Waals surface area contributed by atoms with E-state index in [1.165, 1.54) is 103 Å². The summed E-state index contributed by atoms with van der Waals surface area (Å²) in [6.45, 7) is 2.28. The average Bonchev–Trinajstić information content (AvgIpc) is 2.57. The van der Waals surface area contributed by atoms with Crippen LogP contribution in [0.5, 0.6) is 0 Å². The molecule has 0 fully saturated rings. The second-order valence-electron chi connectivity index (χ2n) is 7.52. The lowest BCUT2D eigenvalue weighted by molar-refractivity contribution is -0.0599. The van der Waals surface area contributed by atoms with Gasteiger partial charge in [0.05, 0.1) is 6.04 Å². The molecule has 3 nitrogen and oxygen atoms in total. The van der Waals surface area contributed by atoms with Crippen molar-refractivity contribution >= 4 is 17.0 Å². The zero-order valence-electron chi connectivity index (χ0n) is 16.8. The van der Waals surface area contributed by atoms with Crippen LogP contribution in [0.15, 0.2) is 0 Å². The van der Waals surface area contributed by atoms with Crippen LogP contribution in [0.1, 0.15) is 122 Å². The van der Waals surface area contributed by atoms with E-state index >= 15 is 0 Å². The number of nitrogens with two attached hydrogens (primary N) is 1. The van der Waals surface area contributed by atoms with E-state index in [4.69, 9.17) is 15.9 Å². The fraction of sp³-hybridized carbons (Fsp3) is 1.00. The van der Waals surface area contributed by atoms with E-state index in [0.717, 1.165) is 12.8 Å². The van der Waals surface area contributed by atoms with Crippen molar-refractivity contribution < 1.29 is 10.2 Å². The van der Waals surface area contributed by atoms with Crippen LogP contribution in [0.25, 0.3) is 0 Å². The monoisotopic (exact) mass is 423 g/mol. The Morgan fingerprint density at radius 2 is 0.840 bits per heavy atom. The van der Waals surface area contributed by atoms with E-state index in [1.54, 1.807) is 0 Å². The predicted molar refractivity (Wildman–Crippen MR) is 115 cm³/mol. The maximum absolute atomic E-state index is 8.89. The standard InChI is InChI=1S/C21H45NO2.BrH/c1-2-3-4-5-6-7-8-9-10-11-12-13-14-15-16-17-18-19-20(22)21(23)24;/h20-21,23-24H,2-19,22H2,1H3;1H. The first-order valence-electron chi connectivity index (χ1n) is 10.8. The first kappa shape index (κ1) is 27.6. The smallest absolute Gasteiger partial charge is 0.166 e. The molecule has 0 heterocycles. The zero-order chi connectivity index (χ0) is 17.9. The van der Waals surface area contributed by atoms with Crippen LogP contribution in [-0.2, 0) is 0 Å². The maximum atomic E-state index is 8.89. The van der Waals surface area contributed by atoms with Gasteiger partial charge in [-0.2, -0.15) is 0 Å². The van der Waals surface area contributed by atoms with Crippen molar-refractivity contribution in [2.24, 2.45) is 5.73 Å². The molecule has 0 spiro atoms. The first-order chi connectivity index (χ1) is 11.7. The number of rotatable bonds is 19. The lowest BCUT2D eigenvalue weighted by Crippen LogP contribution is -2.34. The topological polar surface area (TPSA) is 66.5 Å². The molecule has 0 radical (unpaired) electrons. The van der Waals surface area contributed by atoms with Crippen molar-refractivity contribution in [1.29, 1.82) is 0 Å². The van der Waals surface area contributed by atoms with Crippen LogP contribution in [0.3, 0.4) is 0 Å². The predicted octanol–water partition coefficient (Wildman–Crippen LogP) is 6.24. The van der Waals surface area contributed by atoms with Gasteiger partial charge in [0.25, 0.3) is 0 Å². The van der Waals surface area contributed by atoms with Crippen LogP contribution in [0, 0.1) is 0 Å². The summed E-state index contributed by atoms with van der Waals surface area (Å²) in [4.78, 5) is 0. The molecule has 0 saturated carbocycles. The van der Waals surface area contributed by atoms with Gasteiger partial charge in [-0.15, -0.1) is 17.0 Å². The molecule has 0 amide bonds.